The van der Waals surface area contributed by atoms with Gasteiger partial charge in [-0.05, 0) is 32.8 Å². The van der Waals surface area contributed by atoms with Crippen LogP contribution in [0, 0.1) is 0 Å². The van der Waals surface area contributed by atoms with Crippen molar-refractivity contribution in [3.8, 4) is 0 Å². The zero-order valence-corrected chi connectivity index (χ0v) is 19.4. The van der Waals surface area contributed by atoms with E-state index in [2.05, 4.69) is 12.1 Å². The van der Waals surface area contributed by atoms with Gasteiger partial charge in [0.25, 0.3) is 0 Å². The molecule has 2 amide bonds. The summed E-state index contributed by atoms with van der Waals surface area (Å²) < 4.78 is 7.79. The molecule has 2 aliphatic heterocycles. The summed E-state index contributed by atoms with van der Waals surface area (Å²) in [6.45, 7) is 7.41. The molecular weight excluding hydrogens is 410 g/mol. The lowest BCUT2D eigenvalue weighted by Gasteiger charge is -2.35. The third-order valence-corrected chi connectivity index (χ3v) is 7.17. The van der Waals surface area contributed by atoms with Gasteiger partial charge in [0.15, 0.2) is 0 Å². The second-order valence-corrected chi connectivity index (χ2v) is 9.80. The number of fused-ring (bicyclic) bond motifs is 1. The van der Waals surface area contributed by atoms with E-state index >= 15 is 0 Å². The van der Waals surface area contributed by atoms with E-state index in [9.17, 15) is 9.59 Å². The molecule has 2 atom stereocenters. The molecule has 6 nitrogen and oxygen atoms in total. The molecule has 2 aromatic rings. The smallest absolute Gasteiger partial charge is 0.242 e. The Morgan fingerprint density at radius 1 is 0.968 bits per heavy atom. The van der Waals surface area contributed by atoms with E-state index in [0.717, 1.165) is 41.7 Å². The van der Waals surface area contributed by atoms with Crippen molar-refractivity contribution in [2.24, 2.45) is 0 Å². The molecule has 0 radical (unpaired) electrons. The van der Waals surface area contributed by atoms with E-state index in [1.165, 1.54) is 12.8 Å². The number of rotatable bonds is 5. The highest BCUT2D eigenvalue weighted by atomic mass is 32.2. The van der Waals surface area contributed by atoms with Crippen LogP contribution in [0.1, 0.15) is 39.5 Å². The maximum Gasteiger partial charge on any atom is 0.242 e. The molecule has 0 bridgehead atoms. The van der Waals surface area contributed by atoms with Gasteiger partial charge in [-0.2, -0.15) is 0 Å². The van der Waals surface area contributed by atoms with Crippen LogP contribution in [0.25, 0.3) is 10.9 Å². The first-order valence-corrected chi connectivity index (χ1v) is 12.4. The lowest BCUT2D eigenvalue weighted by atomic mass is 10.2. The standard InChI is InChI=1S/C24H33N3O3S/c1-18-13-27(14-19(2)30-18)24(29)17-31-22-15-26(21-10-6-5-9-20(21)22)16-23(28)25-11-7-3-4-8-12-25/h5-6,9-10,15,18-19H,3-4,7-8,11-14,16-17H2,1-2H3. The van der Waals surface area contributed by atoms with Gasteiger partial charge in [0, 0.05) is 48.2 Å². The Bertz CT molecular complexity index is 910. The lowest BCUT2D eigenvalue weighted by molar-refractivity contribution is -0.140. The second kappa shape index (κ2) is 10.1. The molecule has 1 aromatic heterocycles. The third-order valence-electron chi connectivity index (χ3n) is 6.14. The Balaban J connectivity index is 1.45. The van der Waals surface area contributed by atoms with Crippen LogP contribution in [0.3, 0.4) is 0 Å². The Labute approximate surface area is 188 Å². The van der Waals surface area contributed by atoms with E-state index in [1.54, 1.807) is 11.8 Å². The quantitative estimate of drug-likeness (QED) is 0.660. The summed E-state index contributed by atoms with van der Waals surface area (Å²) >= 11 is 1.56. The summed E-state index contributed by atoms with van der Waals surface area (Å²) in [7, 11) is 0. The number of para-hydroxylation sites is 1. The van der Waals surface area contributed by atoms with Crippen molar-refractivity contribution >= 4 is 34.5 Å². The van der Waals surface area contributed by atoms with Crippen molar-refractivity contribution in [3.63, 3.8) is 0 Å². The van der Waals surface area contributed by atoms with Crippen LogP contribution in [-0.4, -0.2) is 70.3 Å². The summed E-state index contributed by atoms with van der Waals surface area (Å²) in [4.78, 5) is 30.7. The zero-order valence-electron chi connectivity index (χ0n) is 18.6. The molecule has 0 aliphatic carbocycles. The highest BCUT2D eigenvalue weighted by Gasteiger charge is 2.26. The Kier molecular flexibility index (Phi) is 7.23. The number of hydrogen-bond acceptors (Lipinski definition) is 4. The zero-order chi connectivity index (χ0) is 21.8. The van der Waals surface area contributed by atoms with Crippen molar-refractivity contribution in [2.75, 3.05) is 31.9 Å². The predicted molar refractivity (Wildman–Crippen MR) is 124 cm³/mol. The van der Waals surface area contributed by atoms with Gasteiger partial charge in [-0.15, -0.1) is 11.8 Å². The van der Waals surface area contributed by atoms with Crippen molar-refractivity contribution in [3.05, 3.63) is 30.5 Å². The van der Waals surface area contributed by atoms with E-state index in [1.807, 2.05) is 46.5 Å². The number of thioether (sulfide) groups is 1. The fraction of sp³-hybridized carbons (Fsp3) is 0.583. The van der Waals surface area contributed by atoms with Gasteiger partial charge in [-0.25, -0.2) is 0 Å². The number of carbonyl (C=O) groups excluding carboxylic acids is 2. The number of amides is 2. The SMILES string of the molecule is CC1CN(C(=O)CSc2cn(CC(=O)N3CCCCCC3)c3ccccc23)CC(C)O1. The van der Waals surface area contributed by atoms with Crippen LogP contribution in [0.5, 0.6) is 0 Å². The first-order valence-electron chi connectivity index (χ1n) is 11.4. The predicted octanol–water partition coefficient (Wildman–Crippen LogP) is 3.77. The number of hydrogen-bond donors (Lipinski definition) is 0. The molecule has 2 saturated heterocycles. The monoisotopic (exact) mass is 443 g/mol. The molecule has 168 valence electrons. The number of benzene rings is 1. The van der Waals surface area contributed by atoms with Gasteiger partial charge in [-0.1, -0.05) is 31.0 Å². The van der Waals surface area contributed by atoms with Crippen molar-refractivity contribution in [1.82, 2.24) is 14.4 Å². The summed E-state index contributed by atoms with van der Waals surface area (Å²) in [5.41, 5.74) is 1.05. The Morgan fingerprint density at radius 3 is 2.35 bits per heavy atom. The molecule has 7 heteroatoms. The average Bonchev–Trinajstić information content (AvgIpc) is 2.92. The fourth-order valence-electron chi connectivity index (χ4n) is 4.64. The van der Waals surface area contributed by atoms with Crippen LogP contribution in [-0.2, 0) is 20.9 Å². The van der Waals surface area contributed by atoms with Crippen molar-refractivity contribution < 1.29 is 14.3 Å². The molecule has 31 heavy (non-hydrogen) atoms. The van der Waals surface area contributed by atoms with Crippen molar-refractivity contribution in [2.45, 2.75) is 63.2 Å². The number of aromatic nitrogens is 1. The largest absolute Gasteiger partial charge is 0.372 e. The van der Waals surface area contributed by atoms with Crippen LogP contribution >= 0.6 is 11.8 Å². The summed E-state index contributed by atoms with van der Waals surface area (Å²) in [6, 6.07) is 8.15. The maximum absolute atomic E-state index is 12.9. The molecule has 0 N–H and O–H groups in total. The minimum atomic E-state index is 0.0737. The molecule has 1 aromatic carbocycles. The van der Waals surface area contributed by atoms with Crippen LogP contribution in [0.15, 0.2) is 35.4 Å². The first kappa shape index (κ1) is 22.2. The summed E-state index contributed by atoms with van der Waals surface area (Å²) in [6.07, 6.45) is 6.81. The minimum absolute atomic E-state index is 0.0737. The second-order valence-electron chi connectivity index (χ2n) is 8.78. The first-order chi connectivity index (χ1) is 15.0. The van der Waals surface area contributed by atoms with Gasteiger partial charge < -0.3 is 19.1 Å². The van der Waals surface area contributed by atoms with Gasteiger partial charge >= 0.3 is 0 Å². The number of nitrogens with zero attached hydrogens (tertiary/aromatic N) is 3. The molecule has 2 aliphatic rings. The molecule has 0 spiro atoms. The van der Waals surface area contributed by atoms with Gasteiger partial charge in [0.2, 0.25) is 11.8 Å². The number of morpholine rings is 1. The highest BCUT2D eigenvalue weighted by Crippen LogP contribution is 2.30. The number of likely N-dealkylation sites (tertiary alicyclic amines) is 1. The topological polar surface area (TPSA) is 54.8 Å². The third kappa shape index (κ3) is 5.44. The van der Waals surface area contributed by atoms with E-state index in [4.69, 9.17) is 4.74 Å². The molecule has 2 fully saturated rings. The normalized spacial score (nSPS) is 22.5. The molecule has 2 unspecified atom stereocenters. The molecular formula is C24H33N3O3S. The Hall–Kier alpha value is -1.99. The summed E-state index contributed by atoms with van der Waals surface area (Å²) in [5.74, 6) is 0.726. The van der Waals surface area contributed by atoms with E-state index in [0.29, 0.717) is 25.4 Å². The van der Waals surface area contributed by atoms with Gasteiger partial charge in [-0.3, -0.25) is 9.59 Å². The summed E-state index contributed by atoms with van der Waals surface area (Å²) in [5, 5.41) is 1.10. The van der Waals surface area contributed by atoms with E-state index < -0.39 is 0 Å². The maximum atomic E-state index is 12.9. The van der Waals surface area contributed by atoms with Crippen molar-refractivity contribution in [1.29, 1.82) is 0 Å². The van der Waals surface area contributed by atoms with Crippen LogP contribution in [0.2, 0.25) is 0 Å². The van der Waals surface area contributed by atoms with Gasteiger partial charge in [0.1, 0.15) is 6.54 Å². The average molecular weight is 444 g/mol. The molecule has 0 saturated carbocycles. The Morgan fingerprint density at radius 2 is 1.65 bits per heavy atom. The highest BCUT2D eigenvalue weighted by molar-refractivity contribution is 8.00. The lowest BCUT2D eigenvalue weighted by Crippen LogP contribution is -2.48. The van der Waals surface area contributed by atoms with Crippen LogP contribution in [0.4, 0.5) is 0 Å². The number of carbonyl (C=O) groups is 2. The van der Waals surface area contributed by atoms with Gasteiger partial charge in [0.05, 0.1) is 18.0 Å². The molecule has 3 heterocycles. The fourth-order valence-corrected chi connectivity index (χ4v) is 5.63. The number of ether oxygens (including phenoxy) is 1. The minimum Gasteiger partial charge on any atom is -0.372 e. The van der Waals surface area contributed by atoms with Crippen LogP contribution < -0.4 is 0 Å². The molecule has 4 rings (SSSR count). The van der Waals surface area contributed by atoms with E-state index in [-0.39, 0.29) is 24.0 Å².